The number of methoxy groups -OCH3 is 2. The number of carboxylic acids is 2. The third kappa shape index (κ3) is 8.02. The third-order valence-electron chi connectivity index (χ3n) is 5.90. The molecule has 0 saturated carbocycles. The van der Waals surface area contributed by atoms with E-state index in [0.717, 1.165) is 12.1 Å². The van der Waals surface area contributed by atoms with Crippen molar-refractivity contribution in [3.8, 4) is 5.75 Å². The molecule has 1 amide bonds. The van der Waals surface area contributed by atoms with Gasteiger partial charge in [-0.2, -0.15) is 0 Å². The van der Waals surface area contributed by atoms with Gasteiger partial charge in [-0.3, -0.25) is 14.5 Å². The van der Waals surface area contributed by atoms with Crippen LogP contribution in [-0.2, 0) is 41.9 Å². The van der Waals surface area contributed by atoms with Crippen LogP contribution < -0.4 is 4.74 Å². The molecule has 3 rings (SSSR count). The number of benzene rings is 2. The minimum Gasteiger partial charge on any atom is -0.496 e. The largest absolute Gasteiger partial charge is 0.496 e. The molecular weight excluding hydrogens is 484 g/mol. The molecule has 2 aromatic rings. The van der Waals surface area contributed by atoms with Crippen LogP contribution >= 0.6 is 0 Å². The number of ether oxygens (including phenoxy) is 2. The first-order valence-electron chi connectivity index (χ1n) is 11.5. The summed E-state index contributed by atoms with van der Waals surface area (Å²) in [6.07, 6.45) is 0.857. The highest BCUT2D eigenvalue weighted by molar-refractivity contribution is 6.27. The van der Waals surface area contributed by atoms with E-state index >= 15 is 0 Å². The number of hydrogen-bond donors (Lipinski definition) is 2. The standard InChI is InChI=1S/C24H30N2O5.C2H2O4/c1-19(27)26(31-18-21-11-7-8-12-22(21)29-2)24(23(28)30-3)13-15-25(16-14-24)17-20-9-5-4-6-10-20;3-1(4)2(5)6/h4-12H,13-18H2,1-3H3;(H,3,4)(H,5,6). The van der Waals surface area contributed by atoms with Gasteiger partial charge in [-0.25, -0.2) is 19.4 Å². The molecule has 0 bridgehead atoms. The van der Waals surface area contributed by atoms with Gasteiger partial charge in [-0.05, 0) is 24.5 Å². The molecule has 2 N–H and O–H groups in total. The number of carbonyl (C=O) groups excluding carboxylic acids is 2. The maximum atomic E-state index is 12.9. The van der Waals surface area contributed by atoms with E-state index in [4.69, 9.17) is 34.1 Å². The number of aliphatic carboxylic acids is 2. The number of piperidine rings is 1. The Morgan fingerprint density at radius 2 is 1.49 bits per heavy atom. The van der Waals surface area contributed by atoms with Gasteiger partial charge in [-0.15, -0.1) is 0 Å². The van der Waals surface area contributed by atoms with Crippen LogP contribution in [0.1, 0.15) is 30.9 Å². The number of hydroxylamine groups is 2. The zero-order valence-electron chi connectivity index (χ0n) is 21.1. The van der Waals surface area contributed by atoms with Gasteiger partial charge in [0.1, 0.15) is 12.4 Å². The molecule has 0 aromatic heterocycles. The molecule has 0 unspecified atom stereocenters. The van der Waals surface area contributed by atoms with Gasteiger partial charge >= 0.3 is 17.9 Å². The van der Waals surface area contributed by atoms with Crippen molar-refractivity contribution < 1.29 is 43.7 Å². The maximum absolute atomic E-state index is 12.9. The second kappa shape index (κ2) is 14.0. The summed E-state index contributed by atoms with van der Waals surface area (Å²) in [5.74, 6) is -3.78. The van der Waals surface area contributed by atoms with Gasteiger partial charge in [0.15, 0.2) is 5.54 Å². The van der Waals surface area contributed by atoms with Crippen molar-refractivity contribution in [2.45, 2.75) is 38.5 Å². The van der Waals surface area contributed by atoms with Crippen LogP contribution in [0.15, 0.2) is 54.6 Å². The van der Waals surface area contributed by atoms with E-state index in [1.54, 1.807) is 7.11 Å². The second-order valence-corrected chi connectivity index (χ2v) is 8.29. The van der Waals surface area contributed by atoms with E-state index in [-0.39, 0.29) is 12.5 Å². The van der Waals surface area contributed by atoms with Crippen LogP contribution in [0.5, 0.6) is 5.75 Å². The fraction of sp³-hybridized carbons (Fsp3) is 0.385. The molecule has 11 nitrogen and oxygen atoms in total. The van der Waals surface area contributed by atoms with Gasteiger partial charge in [0.2, 0.25) is 5.91 Å². The van der Waals surface area contributed by atoms with Crippen LogP contribution in [0, 0.1) is 0 Å². The van der Waals surface area contributed by atoms with E-state index in [2.05, 4.69) is 17.0 Å². The fourth-order valence-electron chi connectivity index (χ4n) is 4.07. The number of esters is 1. The van der Waals surface area contributed by atoms with Crippen LogP contribution in [0.2, 0.25) is 0 Å². The van der Waals surface area contributed by atoms with E-state index < -0.39 is 23.4 Å². The first kappa shape index (κ1) is 29.3. The number of carbonyl (C=O) groups is 4. The molecule has 1 aliphatic heterocycles. The number of likely N-dealkylation sites (tertiary alicyclic amines) is 1. The number of amides is 1. The fourth-order valence-corrected chi connectivity index (χ4v) is 4.07. The van der Waals surface area contributed by atoms with Crippen molar-refractivity contribution in [3.63, 3.8) is 0 Å². The Morgan fingerprint density at radius 1 is 0.919 bits per heavy atom. The quantitative estimate of drug-likeness (QED) is 0.305. The molecule has 1 fully saturated rings. The molecule has 37 heavy (non-hydrogen) atoms. The molecule has 0 aliphatic carbocycles. The molecule has 0 radical (unpaired) electrons. The Labute approximate surface area is 215 Å². The predicted molar refractivity (Wildman–Crippen MR) is 131 cm³/mol. The maximum Gasteiger partial charge on any atom is 0.414 e. The minimum atomic E-state index is -1.82. The lowest BCUT2D eigenvalue weighted by Crippen LogP contribution is -2.61. The molecule has 2 aromatic carbocycles. The summed E-state index contributed by atoms with van der Waals surface area (Å²) >= 11 is 0. The van der Waals surface area contributed by atoms with E-state index in [1.165, 1.54) is 24.7 Å². The van der Waals surface area contributed by atoms with E-state index in [1.807, 2.05) is 42.5 Å². The average Bonchev–Trinajstić information content (AvgIpc) is 2.90. The van der Waals surface area contributed by atoms with Crippen molar-refractivity contribution in [1.29, 1.82) is 0 Å². The number of nitrogens with zero attached hydrogens (tertiary/aromatic N) is 2. The number of para-hydroxylation sites is 1. The van der Waals surface area contributed by atoms with Crippen molar-refractivity contribution >= 4 is 23.8 Å². The Bertz CT molecular complexity index is 1050. The predicted octanol–water partition coefficient (Wildman–Crippen LogP) is 2.34. The van der Waals surface area contributed by atoms with Crippen LogP contribution in [0.4, 0.5) is 0 Å². The molecule has 1 saturated heterocycles. The lowest BCUT2D eigenvalue weighted by molar-refractivity contribution is -0.240. The molecule has 0 spiro atoms. The SMILES string of the molecule is COC(=O)C1(N(OCc2ccccc2OC)C(C)=O)CCN(Cc2ccccc2)CC1.O=C(O)C(=O)O. The Balaban J connectivity index is 0.000000717. The Kier molecular flexibility index (Phi) is 11.0. The van der Waals surface area contributed by atoms with Gasteiger partial charge in [0, 0.05) is 32.1 Å². The summed E-state index contributed by atoms with van der Waals surface area (Å²) in [7, 11) is 2.93. The van der Waals surface area contributed by atoms with E-state index in [9.17, 15) is 9.59 Å². The van der Waals surface area contributed by atoms with Crippen molar-refractivity contribution in [1.82, 2.24) is 9.96 Å². The van der Waals surface area contributed by atoms with Crippen LogP contribution in [0.25, 0.3) is 0 Å². The topological polar surface area (TPSA) is 143 Å². The highest BCUT2D eigenvalue weighted by Gasteiger charge is 2.50. The van der Waals surface area contributed by atoms with Crippen LogP contribution in [-0.4, -0.2) is 76.8 Å². The number of carboxylic acid groups (broad SMARTS) is 2. The molecular formula is C26H32N2O9. The summed E-state index contributed by atoms with van der Waals surface area (Å²) in [6.45, 7) is 3.59. The third-order valence-corrected chi connectivity index (χ3v) is 5.90. The summed E-state index contributed by atoms with van der Waals surface area (Å²) in [4.78, 5) is 51.9. The van der Waals surface area contributed by atoms with Crippen molar-refractivity contribution in [3.05, 3.63) is 65.7 Å². The van der Waals surface area contributed by atoms with Crippen molar-refractivity contribution in [2.75, 3.05) is 27.3 Å². The van der Waals surface area contributed by atoms with Gasteiger partial charge in [-0.1, -0.05) is 48.5 Å². The average molecular weight is 517 g/mol. The summed E-state index contributed by atoms with van der Waals surface area (Å²) in [6, 6.07) is 17.6. The smallest absolute Gasteiger partial charge is 0.414 e. The highest BCUT2D eigenvalue weighted by Crippen LogP contribution is 2.33. The van der Waals surface area contributed by atoms with Gasteiger partial charge in [0.25, 0.3) is 0 Å². The summed E-state index contributed by atoms with van der Waals surface area (Å²) in [5.41, 5.74) is 0.845. The monoisotopic (exact) mass is 516 g/mol. The van der Waals surface area contributed by atoms with Crippen LogP contribution in [0.3, 0.4) is 0 Å². The van der Waals surface area contributed by atoms with Gasteiger partial charge in [0.05, 0.1) is 14.2 Å². The minimum absolute atomic E-state index is 0.107. The summed E-state index contributed by atoms with van der Waals surface area (Å²) < 4.78 is 10.5. The molecule has 200 valence electrons. The Morgan fingerprint density at radius 3 is 2.00 bits per heavy atom. The number of hydrogen-bond acceptors (Lipinski definition) is 8. The number of rotatable bonds is 8. The zero-order chi connectivity index (χ0) is 27.4. The first-order chi connectivity index (χ1) is 17.6. The molecule has 0 atom stereocenters. The molecule has 11 heteroatoms. The first-order valence-corrected chi connectivity index (χ1v) is 11.5. The van der Waals surface area contributed by atoms with Crippen molar-refractivity contribution in [2.24, 2.45) is 0 Å². The molecule has 1 aliphatic rings. The highest BCUT2D eigenvalue weighted by atomic mass is 16.7. The lowest BCUT2D eigenvalue weighted by atomic mass is 9.86. The van der Waals surface area contributed by atoms with Gasteiger partial charge < -0.3 is 19.7 Å². The summed E-state index contributed by atoms with van der Waals surface area (Å²) in [5, 5.41) is 16.0. The zero-order valence-corrected chi connectivity index (χ0v) is 21.1. The lowest BCUT2D eigenvalue weighted by Gasteiger charge is -2.45. The second-order valence-electron chi connectivity index (χ2n) is 8.29. The molecule has 1 heterocycles. The Hall–Kier alpha value is -3.96. The normalized spacial score (nSPS) is 14.5. The van der Waals surface area contributed by atoms with E-state index in [0.29, 0.717) is 31.7 Å².